The van der Waals surface area contributed by atoms with E-state index in [1.165, 1.54) is 11.1 Å². The van der Waals surface area contributed by atoms with Crippen LogP contribution in [0.3, 0.4) is 0 Å². The molecule has 2 aromatic rings. The molecule has 4 heteroatoms. The molecule has 0 saturated heterocycles. The van der Waals surface area contributed by atoms with E-state index >= 15 is 0 Å². The molecule has 0 bridgehead atoms. The summed E-state index contributed by atoms with van der Waals surface area (Å²) in [5.74, 6) is -0.861. The van der Waals surface area contributed by atoms with Crippen LogP contribution in [0.5, 0.6) is 0 Å². The molecule has 2 aromatic carbocycles. The normalized spacial score (nSPS) is 24.4. The molecular formula is C25H31NO3. The summed E-state index contributed by atoms with van der Waals surface area (Å²) in [6.45, 7) is 0. The Kier molecular flexibility index (Phi) is 6.53. The highest BCUT2D eigenvalue weighted by Gasteiger charge is 2.46. The molecule has 0 radical (unpaired) electrons. The first-order valence-electron chi connectivity index (χ1n) is 10.4. The van der Waals surface area contributed by atoms with Crippen molar-refractivity contribution in [3.05, 3.63) is 71.8 Å². The van der Waals surface area contributed by atoms with Gasteiger partial charge in [-0.2, -0.15) is 0 Å². The molecule has 0 aromatic heterocycles. The Morgan fingerprint density at radius 3 is 1.83 bits per heavy atom. The molecule has 0 atom stereocenters. The second-order valence-electron chi connectivity index (χ2n) is 8.55. The third-order valence-electron chi connectivity index (χ3n) is 6.74. The predicted octanol–water partition coefficient (Wildman–Crippen LogP) is 4.78. The van der Waals surface area contributed by atoms with E-state index in [2.05, 4.69) is 55.4 Å². The molecule has 1 fully saturated rings. The average molecular weight is 394 g/mol. The van der Waals surface area contributed by atoms with Crippen molar-refractivity contribution >= 4 is 11.8 Å². The topological polar surface area (TPSA) is 57.6 Å². The van der Waals surface area contributed by atoms with Gasteiger partial charge in [0.05, 0.1) is 6.42 Å². The molecule has 0 spiro atoms. The lowest BCUT2D eigenvalue weighted by molar-refractivity contribution is -0.138. The number of carboxylic acid groups (broad SMARTS) is 1. The molecule has 29 heavy (non-hydrogen) atoms. The van der Waals surface area contributed by atoms with E-state index in [4.69, 9.17) is 5.11 Å². The van der Waals surface area contributed by atoms with Gasteiger partial charge in [-0.25, -0.2) is 0 Å². The van der Waals surface area contributed by atoms with E-state index in [1.54, 1.807) is 0 Å². The summed E-state index contributed by atoms with van der Waals surface area (Å²) in [5, 5.41) is 8.95. The van der Waals surface area contributed by atoms with Crippen molar-refractivity contribution < 1.29 is 14.7 Å². The van der Waals surface area contributed by atoms with Crippen molar-refractivity contribution in [2.45, 2.75) is 55.9 Å². The third-order valence-corrected chi connectivity index (χ3v) is 6.74. The van der Waals surface area contributed by atoms with Gasteiger partial charge in [0.15, 0.2) is 0 Å². The molecule has 1 N–H and O–H groups in total. The van der Waals surface area contributed by atoms with E-state index in [0.717, 1.165) is 25.7 Å². The lowest BCUT2D eigenvalue weighted by Gasteiger charge is -2.50. The Labute approximate surface area is 173 Å². The summed E-state index contributed by atoms with van der Waals surface area (Å²) in [6, 6.07) is 20.9. The summed E-state index contributed by atoms with van der Waals surface area (Å²) < 4.78 is 0. The molecule has 1 saturated carbocycles. The number of hydrogen-bond donors (Lipinski definition) is 1. The molecular weight excluding hydrogens is 362 g/mol. The second-order valence-corrected chi connectivity index (χ2v) is 8.55. The number of nitrogens with zero attached hydrogens (tertiary/aromatic N) is 1. The zero-order valence-corrected chi connectivity index (χ0v) is 17.4. The number of ketones is 1. The maximum absolute atomic E-state index is 12.7. The Morgan fingerprint density at radius 1 is 0.828 bits per heavy atom. The van der Waals surface area contributed by atoms with Crippen LogP contribution in [-0.2, 0) is 20.5 Å². The van der Waals surface area contributed by atoms with Crippen molar-refractivity contribution in [3.8, 4) is 0 Å². The zero-order valence-electron chi connectivity index (χ0n) is 17.4. The molecule has 1 aliphatic rings. The summed E-state index contributed by atoms with van der Waals surface area (Å²) in [5.41, 5.74) is 2.27. The minimum Gasteiger partial charge on any atom is -0.481 e. The Morgan fingerprint density at radius 2 is 1.34 bits per heavy atom. The van der Waals surface area contributed by atoms with E-state index in [-0.39, 0.29) is 29.6 Å². The van der Waals surface area contributed by atoms with Crippen molar-refractivity contribution in [1.82, 2.24) is 4.90 Å². The molecule has 4 nitrogen and oxygen atoms in total. The number of hydrogen-bond acceptors (Lipinski definition) is 3. The highest BCUT2D eigenvalue weighted by molar-refractivity contribution is 5.83. The molecule has 0 amide bonds. The molecule has 1 aliphatic carbocycles. The fraction of sp³-hybridized carbons (Fsp3) is 0.440. The standard InChI is InChI=1S/C25H31NO3/c1-26(2)25(21-11-7-4-8-12-21)17-15-24(16-18-25,20-9-5-3-6-10-20)19-22(27)13-14-23(28)29/h3-12H,13-19H2,1-2H3,(H,28,29). The van der Waals surface area contributed by atoms with Crippen LogP contribution in [0.1, 0.15) is 56.1 Å². The van der Waals surface area contributed by atoms with Crippen molar-refractivity contribution in [3.63, 3.8) is 0 Å². The van der Waals surface area contributed by atoms with Gasteiger partial charge in [0.1, 0.15) is 5.78 Å². The van der Waals surface area contributed by atoms with Crippen molar-refractivity contribution in [2.75, 3.05) is 14.1 Å². The van der Waals surface area contributed by atoms with Gasteiger partial charge in [0.2, 0.25) is 0 Å². The number of Topliss-reactive ketones (excluding diaryl/α,β-unsaturated/α-hetero) is 1. The van der Waals surface area contributed by atoms with Crippen LogP contribution in [-0.4, -0.2) is 35.9 Å². The van der Waals surface area contributed by atoms with Crippen LogP contribution in [0.25, 0.3) is 0 Å². The smallest absolute Gasteiger partial charge is 0.303 e. The van der Waals surface area contributed by atoms with Crippen LogP contribution in [0, 0.1) is 0 Å². The predicted molar refractivity (Wildman–Crippen MR) is 115 cm³/mol. The summed E-state index contributed by atoms with van der Waals surface area (Å²) >= 11 is 0. The highest BCUT2D eigenvalue weighted by atomic mass is 16.4. The number of aliphatic carboxylic acids is 1. The van der Waals surface area contributed by atoms with E-state index in [0.29, 0.717) is 6.42 Å². The van der Waals surface area contributed by atoms with Crippen molar-refractivity contribution in [1.29, 1.82) is 0 Å². The fourth-order valence-corrected chi connectivity index (χ4v) is 4.96. The van der Waals surface area contributed by atoms with E-state index in [9.17, 15) is 9.59 Å². The SMILES string of the molecule is CN(C)C1(c2ccccc2)CCC(CC(=O)CCC(=O)O)(c2ccccc2)CC1. The largest absolute Gasteiger partial charge is 0.481 e. The van der Waals surface area contributed by atoms with Crippen LogP contribution in [0.2, 0.25) is 0 Å². The van der Waals surface area contributed by atoms with Gasteiger partial charge < -0.3 is 5.11 Å². The first kappa shape index (κ1) is 21.3. The van der Waals surface area contributed by atoms with Gasteiger partial charge in [-0.3, -0.25) is 14.5 Å². The Hall–Kier alpha value is -2.46. The summed E-state index contributed by atoms with van der Waals surface area (Å²) in [6.07, 6.45) is 4.18. The van der Waals surface area contributed by atoms with Gasteiger partial charge >= 0.3 is 5.97 Å². The van der Waals surface area contributed by atoms with Gasteiger partial charge in [-0.1, -0.05) is 60.7 Å². The van der Waals surface area contributed by atoms with Gasteiger partial charge in [0.25, 0.3) is 0 Å². The first-order valence-corrected chi connectivity index (χ1v) is 10.4. The molecule has 0 aliphatic heterocycles. The average Bonchev–Trinajstić information content (AvgIpc) is 2.74. The summed E-state index contributed by atoms with van der Waals surface area (Å²) in [7, 11) is 4.28. The van der Waals surface area contributed by atoms with E-state index < -0.39 is 5.97 Å². The van der Waals surface area contributed by atoms with Crippen LogP contribution in [0.15, 0.2) is 60.7 Å². The van der Waals surface area contributed by atoms with Crippen LogP contribution in [0.4, 0.5) is 0 Å². The number of carboxylic acids is 1. The van der Waals surface area contributed by atoms with Gasteiger partial charge in [-0.05, 0) is 50.9 Å². The number of carbonyl (C=O) groups excluding carboxylic acids is 1. The third kappa shape index (κ3) is 4.59. The highest BCUT2D eigenvalue weighted by Crippen LogP contribution is 2.51. The maximum atomic E-state index is 12.7. The fourth-order valence-electron chi connectivity index (χ4n) is 4.96. The van der Waals surface area contributed by atoms with E-state index in [1.807, 2.05) is 24.3 Å². The van der Waals surface area contributed by atoms with Crippen LogP contribution < -0.4 is 0 Å². The second kappa shape index (κ2) is 8.91. The zero-order chi connectivity index (χ0) is 20.9. The quantitative estimate of drug-likeness (QED) is 0.701. The Bertz CT molecular complexity index is 822. The molecule has 0 heterocycles. The van der Waals surface area contributed by atoms with Gasteiger partial charge in [-0.15, -0.1) is 0 Å². The van der Waals surface area contributed by atoms with Gasteiger partial charge in [0, 0.05) is 23.8 Å². The molecule has 3 rings (SSSR count). The minimum absolute atomic E-state index is 0.0380. The van der Waals surface area contributed by atoms with Crippen molar-refractivity contribution in [2.24, 2.45) is 0 Å². The molecule has 0 unspecified atom stereocenters. The first-order chi connectivity index (χ1) is 13.9. The molecule has 154 valence electrons. The number of carbonyl (C=O) groups is 2. The summed E-state index contributed by atoms with van der Waals surface area (Å²) in [4.78, 5) is 25.9. The maximum Gasteiger partial charge on any atom is 0.303 e. The lowest BCUT2D eigenvalue weighted by Crippen LogP contribution is -2.48. The number of benzene rings is 2. The van der Waals surface area contributed by atoms with Crippen LogP contribution >= 0.6 is 0 Å². The number of rotatable bonds is 8. The lowest BCUT2D eigenvalue weighted by atomic mass is 9.60. The monoisotopic (exact) mass is 393 g/mol. The minimum atomic E-state index is -0.911. The Balaban J connectivity index is 1.88.